The van der Waals surface area contributed by atoms with E-state index < -0.39 is 5.60 Å². The molecule has 0 bridgehead atoms. The Hall–Kier alpha value is -4.19. The summed E-state index contributed by atoms with van der Waals surface area (Å²) in [4.78, 5) is 15.8. The number of hydrogen-bond donors (Lipinski definition) is 0. The molecule has 4 aromatic rings. The maximum absolute atomic E-state index is 13.5. The number of nitrogens with zero attached hydrogens (tertiary/aromatic N) is 2. The lowest BCUT2D eigenvalue weighted by molar-refractivity contribution is 0.0244. The van der Waals surface area contributed by atoms with Crippen LogP contribution in [0.3, 0.4) is 0 Å². The Kier molecular flexibility index (Phi) is 7.38. The molecule has 1 aliphatic rings. The van der Waals surface area contributed by atoms with Gasteiger partial charge < -0.3 is 23.7 Å². The molecule has 3 aromatic carbocycles. The van der Waals surface area contributed by atoms with Crippen molar-refractivity contribution >= 4 is 22.6 Å². The highest BCUT2D eigenvalue weighted by molar-refractivity contribution is 5.99. The van der Waals surface area contributed by atoms with Gasteiger partial charge in [-0.25, -0.2) is 4.79 Å². The van der Waals surface area contributed by atoms with E-state index in [1.54, 1.807) is 0 Å². The number of aromatic nitrogens is 1. The summed E-state index contributed by atoms with van der Waals surface area (Å²) in [6, 6.07) is 22.2. The summed E-state index contributed by atoms with van der Waals surface area (Å²) >= 11 is 0. The number of aryl methyl sites for hydroxylation is 1. The molecule has 1 unspecified atom stereocenters. The second-order valence-electron chi connectivity index (χ2n) is 9.58. The number of cyclic esters (lactones) is 1. The highest BCUT2D eigenvalue weighted by Crippen LogP contribution is 2.53. The third-order valence-corrected chi connectivity index (χ3v) is 7.72. The van der Waals surface area contributed by atoms with Crippen LogP contribution in [0, 0.1) is 6.92 Å². The first-order chi connectivity index (χ1) is 19.0. The number of ether oxygens (including phenoxy) is 3. The van der Waals surface area contributed by atoms with Gasteiger partial charge in [0.1, 0.15) is 19.0 Å². The number of benzene rings is 3. The lowest BCUT2D eigenvalue weighted by Gasteiger charge is -2.33. The van der Waals surface area contributed by atoms with E-state index in [1.807, 2.05) is 36.4 Å². The standard InChI is InChI=1S/C33H36N2O4/c1-6-34(7-2)24-18-19-28(30(22-24)38-21-20-37-9-4)33(27-16-12-10-14-25(27)32(36)39-33)31-23(5)35(8-3)29-17-13-11-15-26(29)31/h9-19,22H,4,6-8,20-21H2,1-3,5H3. The van der Waals surface area contributed by atoms with Crippen LogP contribution in [0.2, 0.25) is 0 Å². The van der Waals surface area contributed by atoms with Gasteiger partial charge in [0, 0.05) is 64.7 Å². The van der Waals surface area contributed by atoms with Gasteiger partial charge in [-0.15, -0.1) is 0 Å². The minimum Gasteiger partial charge on any atom is -0.498 e. The molecular formula is C33H36N2O4. The zero-order valence-electron chi connectivity index (χ0n) is 23.2. The van der Waals surface area contributed by atoms with Gasteiger partial charge in [-0.05, 0) is 52.0 Å². The fourth-order valence-electron chi connectivity index (χ4n) is 6.01. The van der Waals surface area contributed by atoms with Crippen molar-refractivity contribution in [3.05, 3.63) is 108 Å². The molecule has 202 valence electrons. The second kappa shape index (κ2) is 10.9. The first-order valence-corrected chi connectivity index (χ1v) is 13.7. The zero-order valence-corrected chi connectivity index (χ0v) is 23.2. The van der Waals surface area contributed by atoms with Crippen LogP contribution in [0.15, 0.2) is 79.6 Å². The fourth-order valence-corrected chi connectivity index (χ4v) is 6.01. The van der Waals surface area contributed by atoms with Crippen molar-refractivity contribution in [2.24, 2.45) is 0 Å². The van der Waals surface area contributed by atoms with Gasteiger partial charge in [-0.2, -0.15) is 0 Å². The van der Waals surface area contributed by atoms with Crippen LogP contribution < -0.4 is 9.64 Å². The number of hydrogen-bond acceptors (Lipinski definition) is 5. The Labute approximate surface area is 230 Å². The Bertz CT molecular complexity index is 1520. The summed E-state index contributed by atoms with van der Waals surface area (Å²) in [6.45, 7) is 15.3. The van der Waals surface area contributed by atoms with Gasteiger partial charge in [-0.1, -0.05) is 43.0 Å². The van der Waals surface area contributed by atoms with Crippen LogP contribution >= 0.6 is 0 Å². The van der Waals surface area contributed by atoms with Gasteiger partial charge in [0.15, 0.2) is 5.60 Å². The molecule has 0 fully saturated rings. The Morgan fingerprint density at radius 1 is 0.974 bits per heavy atom. The number of carbonyl (C=O) groups is 1. The summed E-state index contributed by atoms with van der Waals surface area (Å²) in [6.07, 6.45) is 1.41. The van der Waals surface area contributed by atoms with Gasteiger partial charge in [0.25, 0.3) is 0 Å². The minimum absolute atomic E-state index is 0.322. The summed E-state index contributed by atoms with van der Waals surface area (Å²) in [5.41, 5.74) is 5.15. The minimum atomic E-state index is -1.19. The van der Waals surface area contributed by atoms with E-state index in [4.69, 9.17) is 14.2 Å². The van der Waals surface area contributed by atoms with E-state index >= 15 is 0 Å². The summed E-state index contributed by atoms with van der Waals surface area (Å²) in [7, 11) is 0. The third-order valence-electron chi connectivity index (χ3n) is 7.72. The first-order valence-electron chi connectivity index (χ1n) is 13.7. The van der Waals surface area contributed by atoms with E-state index in [0.717, 1.165) is 58.6 Å². The SMILES string of the molecule is C=COCCOc1cc(N(CC)CC)ccc1C1(c2c(C)n(CC)c3ccccc23)OC(=O)c2ccccc21. The average Bonchev–Trinajstić information content (AvgIpc) is 3.42. The number of para-hydroxylation sites is 1. The molecule has 2 heterocycles. The molecule has 0 radical (unpaired) electrons. The molecule has 0 aliphatic carbocycles. The van der Waals surface area contributed by atoms with E-state index in [-0.39, 0.29) is 5.97 Å². The maximum atomic E-state index is 13.5. The van der Waals surface area contributed by atoms with Crippen LogP contribution in [0.1, 0.15) is 53.5 Å². The predicted molar refractivity (Wildman–Crippen MR) is 156 cm³/mol. The Morgan fingerprint density at radius 2 is 1.72 bits per heavy atom. The molecule has 1 aliphatic heterocycles. The smallest absolute Gasteiger partial charge is 0.340 e. The van der Waals surface area contributed by atoms with E-state index in [0.29, 0.717) is 24.5 Å². The lowest BCUT2D eigenvalue weighted by Crippen LogP contribution is -2.31. The average molecular weight is 525 g/mol. The highest BCUT2D eigenvalue weighted by Gasteiger charge is 2.52. The largest absolute Gasteiger partial charge is 0.498 e. The van der Waals surface area contributed by atoms with Crippen LogP contribution in [-0.2, 0) is 21.6 Å². The number of carbonyl (C=O) groups excluding carboxylic acids is 1. The van der Waals surface area contributed by atoms with Gasteiger partial charge in [-0.3, -0.25) is 0 Å². The molecular weight excluding hydrogens is 488 g/mol. The first kappa shape index (κ1) is 26.4. The van der Waals surface area contributed by atoms with Crippen molar-refractivity contribution in [1.82, 2.24) is 4.57 Å². The Morgan fingerprint density at radius 3 is 2.46 bits per heavy atom. The molecule has 0 saturated carbocycles. The lowest BCUT2D eigenvalue weighted by atomic mass is 9.78. The number of rotatable bonds is 11. The molecule has 0 amide bonds. The van der Waals surface area contributed by atoms with Crippen LogP contribution in [-0.4, -0.2) is 36.8 Å². The van der Waals surface area contributed by atoms with Crippen molar-refractivity contribution in [2.75, 3.05) is 31.2 Å². The fraction of sp³-hybridized carbons (Fsp3) is 0.303. The second-order valence-corrected chi connectivity index (χ2v) is 9.58. The zero-order chi connectivity index (χ0) is 27.6. The molecule has 0 spiro atoms. The van der Waals surface area contributed by atoms with E-state index in [2.05, 4.69) is 74.1 Å². The van der Waals surface area contributed by atoms with Crippen LogP contribution in [0.5, 0.6) is 5.75 Å². The van der Waals surface area contributed by atoms with Crippen LogP contribution in [0.25, 0.3) is 10.9 Å². The summed E-state index contributed by atoms with van der Waals surface area (Å²) < 4.78 is 20.6. The molecule has 6 nitrogen and oxygen atoms in total. The summed E-state index contributed by atoms with van der Waals surface area (Å²) in [5.74, 6) is 0.316. The number of anilines is 1. The molecule has 6 heteroatoms. The molecule has 5 rings (SSSR count). The predicted octanol–water partition coefficient (Wildman–Crippen LogP) is 6.82. The monoisotopic (exact) mass is 524 g/mol. The van der Waals surface area contributed by atoms with Crippen molar-refractivity contribution in [1.29, 1.82) is 0 Å². The third kappa shape index (κ3) is 4.24. The van der Waals surface area contributed by atoms with Crippen molar-refractivity contribution in [2.45, 2.75) is 39.8 Å². The van der Waals surface area contributed by atoms with E-state index in [1.165, 1.54) is 6.26 Å². The van der Waals surface area contributed by atoms with Crippen LogP contribution in [0.4, 0.5) is 5.69 Å². The van der Waals surface area contributed by atoms with Gasteiger partial charge in [0.2, 0.25) is 0 Å². The number of fused-ring (bicyclic) bond motifs is 2. The van der Waals surface area contributed by atoms with Crippen molar-refractivity contribution < 1.29 is 19.0 Å². The quantitative estimate of drug-likeness (QED) is 0.122. The molecule has 1 atom stereocenters. The summed E-state index contributed by atoms with van der Waals surface area (Å²) in [5, 5.41) is 1.05. The normalized spacial score (nSPS) is 16.2. The van der Waals surface area contributed by atoms with Crippen molar-refractivity contribution in [3.8, 4) is 5.75 Å². The van der Waals surface area contributed by atoms with Gasteiger partial charge in [0.05, 0.1) is 11.8 Å². The topological polar surface area (TPSA) is 52.9 Å². The molecule has 1 aromatic heterocycles. The van der Waals surface area contributed by atoms with E-state index in [9.17, 15) is 4.79 Å². The molecule has 39 heavy (non-hydrogen) atoms. The Balaban J connectivity index is 1.84. The molecule has 0 N–H and O–H groups in total. The number of esters is 1. The highest BCUT2D eigenvalue weighted by atomic mass is 16.6. The maximum Gasteiger partial charge on any atom is 0.340 e. The molecule has 0 saturated heterocycles. The van der Waals surface area contributed by atoms with Gasteiger partial charge >= 0.3 is 5.97 Å². The van der Waals surface area contributed by atoms with Crippen molar-refractivity contribution in [3.63, 3.8) is 0 Å².